The minimum Gasteiger partial charge on any atom is -0.427 e. The quantitative estimate of drug-likeness (QED) is 0.521. The summed E-state index contributed by atoms with van der Waals surface area (Å²) in [5.74, 6) is 0.123. The van der Waals surface area contributed by atoms with Crippen LogP contribution in [0.5, 0.6) is 11.5 Å². The van der Waals surface area contributed by atoms with E-state index in [2.05, 4.69) is 0 Å². The van der Waals surface area contributed by atoms with Crippen LogP contribution < -0.4 is 15.2 Å². The van der Waals surface area contributed by atoms with Crippen LogP contribution in [-0.2, 0) is 22.4 Å². The van der Waals surface area contributed by atoms with Crippen molar-refractivity contribution < 1.29 is 19.1 Å². The molecule has 0 bridgehead atoms. The Morgan fingerprint density at radius 2 is 1.57 bits per heavy atom. The zero-order chi connectivity index (χ0) is 16.8. The number of nitrogens with two attached hydrogens (primary N) is 1. The van der Waals surface area contributed by atoms with E-state index in [1.807, 2.05) is 24.3 Å². The Kier molecular flexibility index (Phi) is 5.36. The van der Waals surface area contributed by atoms with Gasteiger partial charge in [0.15, 0.2) is 0 Å². The molecule has 0 aliphatic carbocycles. The topological polar surface area (TPSA) is 78.6 Å². The van der Waals surface area contributed by atoms with Gasteiger partial charge in [0.2, 0.25) is 0 Å². The average Bonchev–Trinajstić information content (AvgIpc) is 2.48. The lowest BCUT2D eigenvalue weighted by molar-refractivity contribution is -0.133. The van der Waals surface area contributed by atoms with Crippen LogP contribution in [0.3, 0.4) is 0 Å². The van der Waals surface area contributed by atoms with Crippen LogP contribution in [0.15, 0.2) is 42.5 Å². The van der Waals surface area contributed by atoms with E-state index in [0.29, 0.717) is 23.6 Å². The van der Waals surface area contributed by atoms with Gasteiger partial charge >= 0.3 is 11.9 Å². The van der Waals surface area contributed by atoms with E-state index in [1.165, 1.54) is 13.8 Å². The molecule has 0 aromatic heterocycles. The molecule has 0 atom stereocenters. The molecule has 0 amide bonds. The highest BCUT2D eigenvalue weighted by Gasteiger charge is 2.10. The molecule has 0 spiro atoms. The van der Waals surface area contributed by atoms with E-state index in [9.17, 15) is 9.59 Å². The summed E-state index contributed by atoms with van der Waals surface area (Å²) >= 11 is 0. The largest absolute Gasteiger partial charge is 0.427 e. The Balaban J connectivity index is 2.19. The number of carbonyl (C=O) groups excluding carboxylic acids is 2. The number of esters is 2. The number of benzene rings is 2. The van der Waals surface area contributed by atoms with Gasteiger partial charge in [-0.15, -0.1) is 0 Å². The van der Waals surface area contributed by atoms with Gasteiger partial charge in [-0.05, 0) is 54.3 Å². The lowest BCUT2D eigenvalue weighted by atomic mass is 10.0. The molecule has 0 saturated heterocycles. The first kappa shape index (κ1) is 16.5. The molecule has 5 heteroatoms. The first-order chi connectivity index (χ1) is 10.9. The van der Waals surface area contributed by atoms with Gasteiger partial charge in [-0.3, -0.25) is 9.59 Å². The Labute approximate surface area is 135 Å². The van der Waals surface area contributed by atoms with Crippen molar-refractivity contribution in [1.82, 2.24) is 0 Å². The van der Waals surface area contributed by atoms with Crippen molar-refractivity contribution in [3.63, 3.8) is 0 Å². The van der Waals surface area contributed by atoms with Crippen LogP contribution in [0.4, 0.5) is 5.69 Å². The SMILES string of the molecule is CC(=O)Oc1ccc(OC(C)=O)c(CCc2ccc(N)cc2)c1. The highest BCUT2D eigenvalue weighted by molar-refractivity contribution is 5.71. The third kappa shape index (κ3) is 5.14. The molecule has 2 rings (SSSR count). The second kappa shape index (κ2) is 7.45. The maximum absolute atomic E-state index is 11.2. The zero-order valence-electron chi connectivity index (χ0n) is 13.2. The van der Waals surface area contributed by atoms with Gasteiger partial charge in [-0.2, -0.15) is 0 Å². The van der Waals surface area contributed by atoms with Gasteiger partial charge in [0.25, 0.3) is 0 Å². The predicted octanol–water partition coefficient (Wildman–Crippen LogP) is 2.90. The lowest BCUT2D eigenvalue weighted by Gasteiger charge is -2.11. The number of nitrogen functional groups attached to an aromatic ring is 1. The average molecular weight is 313 g/mol. The summed E-state index contributed by atoms with van der Waals surface area (Å²) in [4.78, 5) is 22.3. The third-order valence-corrected chi connectivity index (χ3v) is 3.21. The highest BCUT2D eigenvalue weighted by atomic mass is 16.5. The molecule has 2 aromatic rings. The van der Waals surface area contributed by atoms with E-state index < -0.39 is 5.97 Å². The fraction of sp³-hybridized carbons (Fsp3) is 0.222. The molecule has 0 fully saturated rings. The molecule has 0 aliphatic heterocycles. The summed E-state index contributed by atoms with van der Waals surface area (Å²) in [7, 11) is 0. The molecule has 0 radical (unpaired) electrons. The van der Waals surface area contributed by atoms with Crippen LogP contribution in [-0.4, -0.2) is 11.9 Å². The number of aryl methyl sites for hydroxylation is 2. The molecule has 0 heterocycles. The number of anilines is 1. The van der Waals surface area contributed by atoms with Crippen molar-refractivity contribution >= 4 is 17.6 Å². The number of hydrogen-bond acceptors (Lipinski definition) is 5. The van der Waals surface area contributed by atoms with Crippen LogP contribution in [0.1, 0.15) is 25.0 Å². The highest BCUT2D eigenvalue weighted by Crippen LogP contribution is 2.26. The molecular formula is C18H19NO4. The second-order valence-corrected chi connectivity index (χ2v) is 5.20. The smallest absolute Gasteiger partial charge is 0.308 e. The minimum atomic E-state index is -0.394. The normalized spacial score (nSPS) is 10.2. The van der Waals surface area contributed by atoms with Crippen molar-refractivity contribution in [2.75, 3.05) is 5.73 Å². The summed E-state index contributed by atoms with van der Waals surface area (Å²) in [5, 5.41) is 0. The molecule has 23 heavy (non-hydrogen) atoms. The summed E-state index contributed by atoms with van der Waals surface area (Å²) in [6.07, 6.45) is 1.39. The first-order valence-electron chi connectivity index (χ1n) is 7.28. The van der Waals surface area contributed by atoms with Crippen LogP contribution in [0, 0.1) is 0 Å². The summed E-state index contributed by atoms with van der Waals surface area (Å²) in [6.45, 7) is 2.69. The van der Waals surface area contributed by atoms with Crippen molar-refractivity contribution in [2.45, 2.75) is 26.7 Å². The van der Waals surface area contributed by atoms with Gasteiger partial charge in [-0.1, -0.05) is 12.1 Å². The fourth-order valence-electron chi connectivity index (χ4n) is 2.20. The Bertz CT molecular complexity index is 707. The monoisotopic (exact) mass is 313 g/mol. The number of hydrogen-bond donors (Lipinski definition) is 1. The zero-order valence-corrected chi connectivity index (χ0v) is 13.2. The number of carbonyl (C=O) groups is 2. The molecule has 2 aromatic carbocycles. The molecule has 120 valence electrons. The third-order valence-electron chi connectivity index (χ3n) is 3.21. The van der Waals surface area contributed by atoms with E-state index in [-0.39, 0.29) is 5.97 Å². The second-order valence-electron chi connectivity index (χ2n) is 5.20. The fourth-order valence-corrected chi connectivity index (χ4v) is 2.20. The molecule has 0 aliphatic rings. The Morgan fingerprint density at radius 1 is 0.913 bits per heavy atom. The molecule has 0 unspecified atom stereocenters. The van der Waals surface area contributed by atoms with Crippen molar-refractivity contribution in [3.05, 3.63) is 53.6 Å². The molecule has 5 nitrogen and oxygen atoms in total. The van der Waals surface area contributed by atoms with E-state index in [1.54, 1.807) is 18.2 Å². The maximum Gasteiger partial charge on any atom is 0.308 e. The van der Waals surface area contributed by atoms with Crippen molar-refractivity contribution in [3.8, 4) is 11.5 Å². The number of rotatable bonds is 5. The van der Waals surface area contributed by atoms with Gasteiger partial charge in [-0.25, -0.2) is 0 Å². The van der Waals surface area contributed by atoms with Crippen LogP contribution in [0.25, 0.3) is 0 Å². The van der Waals surface area contributed by atoms with Crippen molar-refractivity contribution in [1.29, 1.82) is 0 Å². The van der Waals surface area contributed by atoms with Gasteiger partial charge < -0.3 is 15.2 Å². The van der Waals surface area contributed by atoms with Crippen LogP contribution in [0.2, 0.25) is 0 Å². The summed E-state index contributed by atoms with van der Waals surface area (Å²) < 4.78 is 10.3. The standard InChI is InChI=1S/C18H19NO4/c1-12(20)22-17-9-10-18(23-13(2)21)15(11-17)6-3-14-4-7-16(19)8-5-14/h4-5,7-11H,3,6,19H2,1-2H3. The number of ether oxygens (including phenoxy) is 2. The maximum atomic E-state index is 11.2. The van der Waals surface area contributed by atoms with Crippen LogP contribution >= 0.6 is 0 Å². The van der Waals surface area contributed by atoms with Gasteiger partial charge in [0.1, 0.15) is 11.5 Å². The summed E-state index contributed by atoms with van der Waals surface area (Å²) in [6, 6.07) is 12.6. The first-order valence-corrected chi connectivity index (χ1v) is 7.28. The molecular weight excluding hydrogens is 294 g/mol. The van der Waals surface area contributed by atoms with E-state index in [4.69, 9.17) is 15.2 Å². The summed E-state index contributed by atoms with van der Waals surface area (Å²) in [5.41, 5.74) is 8.31. The lowest BCUT2D eigenvalue weighted by Crippen LogP contribution is -2.06. The van der Waals surface area contributed by atoms with E-state index >= 15 is 0 Å². The minimum absolute atomic E-state index is 0.390. The predicted molar refractivity (Wildman–Crippen MR) is 87.3 cm³/mol. The van der Waals surface area contributed by atoms with Crippen molar-refractivity contribution in [2.24, 2.45) is 0 Å². The molecule has 0 saturated carbocycles. The Hall–Kier alpha value is -2.82. The van der Waals surface area contributed by atoms with Gasteiger partial charge in [0, 0.05) is 19.5 Å². The molecule has 2 N–H and O–H groups in total. The van der Waals surface area contributed by atoms with E-state index in [0.717, 1.165) is 17.5 Å². The van der Waals surface area contributed by atoms with Gasteiger partial charge in [0.05, 0.1) is 0 Å². The Morgan fingerprint density at radius 3 is 2.17 bits per heavy atom.